The molecular weight excluding hydrogens is 632 g/mol. The van der Waals surface area contributed by atoms with E-state index in [1.165, 1.54) is 30.9 Å². The van der Waals surface area contributed by atoms with Crippen LogP contribution in [-0.2, 0) is 30.6 Å². The van der Waals surface area contributed by atoms with Gasteiger partial charge in [0, 0.05) is 17.4 Å². The van der Waals surface area contributed by atoms with Gasteiger partial charge in [-0.2, -0.15) is 4.57 Å². The van der Waals surface area contributed by atoms with Crippen molar-refractivity contribution in [2.24, 2.45) is 5.16 Å². The number of carboxylic acid groups (broad SMARTS) is 2. The van der Waals surface area contributed by atoms with Gasteiger partial charge in [0.1, 0.15) is 32.7 Å². The summed E-state index contributed by atoms with van der Waals surface area (Å²) in [5.74, 6) is -4.24. The predicted molar refractivity (Wildman–Crippen MR) is 151 cm³/mol. The number of nitrogens with zero attached hydrogens (tertiary/aromatic N) is 4. The molecule has 0 saturated carbocycles. The first-order valence-electron chi connectivity index (χ1n) is 12.1. The minimum atomic E-state index is -1.43. The highest BCUT2D eigenvalue weighted by molar-refractivity contribution is 8.00. The molecule has 7 N–H and O–H groups in total. The molecule has 1 saturated heterocycles. The zero-order valence-corrected chi connectivity index (χ0v) is 24.1. The number of amides is 2. The number of β-lactam (4-membered cyclic amide) rings is 1. The van der Waals surface area contributed by atoms with E-state index in [2.05, 4.69) is 25.4 Å². The van der Waals surface area contributed by atoms with Crippen LogP contribution in [0.2, 0.25) is 4.34 Å². The van der Waals surface area contributed by atoms with Crippen molar-refractivity contribution < 1.29 is 38.8 Å². The maximum absolute atomic E-state index is 13.2. The third-order valence-electron chi connectivity index (χ3n) is 6.32. The summed E-state index contributed by atoms with van der Waals surface area (Å²) in [6.45, 7) is 1.22. The van der Waals surface area contributed by atoms with Gasteiger partial charge in [-0.05, 0) is 6.92 Å². The number of fused-ring (bicyclic) bond motifs is 2. The van der Waals surface area contributed by atoms with Gasteiger partial charge < -0.3 is 36.1 Å². The topological polar surface area (TPSA) is 254 Å². The van der Waals surface area contributed by atoms with Gasteiger partial charge in [-0.15, -0.1) is 11.8 Å². The molecule has 43 heavy (non-hydrogen) atoms. The van der Waals surface area contributed by atoms with Crippen LogP contribution in [0.15, 0.2) is 44.5 Å². The quantitative estimate of drug-likeness (QED) is 0.0526. The van der Waals surface area contributed by atoms with Gasteiger partial charge in [-0.3, -0.25) is 24.1 Å². The van der Waals surface area contributed by atoms with Gasteiger partial charge in [-0.25, -0.2) is 14.6 Å². The van der Waals surface area contributed by atoms with Crippen molar-refractivity contribution >= 4 is 80.3 Å². The highest BCUT2D eigenvalue weighted by Gasteiger charge is 2.55. The molecule has 3 aromatic rings. The van der Waals surface area contributed by atoms with Crippen molar-refractivity contribution in [3.63, 3.8) is 0 Å². The second kappa shape index (κ2) is 11.5. The molecule has 2 aliphatic heterocycles. The summed E-state index contributed by atoms with van der Waals surface area (Å²) in [6.07, 6.45) is 1.66. The first-order valence-corrected chi connectivity index (χ1v) is 14.3. The molecule has 2 aliphatic rings. The number of carbonyl (C=O) groups excluding carboxylic acids is 2. The molecule has 1 fully saturated rings. The molecular formula is C23H20ClN8O9S2+. The minimum Gasteiger partial charge on any atom is -0.478 e. The van der Waals surface area contributed by atoms with Crippen LogP contribution in [0.4, 0.5) is 5.13 Å². The molecule has 3 aromatic heterocycles. The minimum absolute atomic E-state index is 0.00629. The third kappa shape index (κ3) is 5.68. The van der Waals surface area contributed by atoms with E-state index in [4.69, 9.17) is 27.3 Å². The molecule has 3 atom stereocenters. The SMILES string of the molecule is C[C@H](ON=C(C(=O)NC1C(=O)N2C(C(=O)O)=C(C[n+]3ccc4[nH]c(=O)c(=O)[nH]c4c3)CSC12)c1nc(N)sc1Cl)C(=O)O. The number of nitrogen functional groups attached to an aromatic ring is 1. The number of aromatic nitrogens is 4. The number of aromatic amines is 2. The van der Waals surface area contributed by atoms with E-state index in [1.54, 1.807) is 10.8 Å². The van der Waals surface area contributed by atoms with E-state index >= 15 is 0 Å². The van der Waals surface area contributed by atoms with Crippen LogP contribution < -0.4 is 26.7 Å². The predicted octanol–water partition coefficient (Wildman–Crippen LogP) is -1.17. The molecule has 0 bridgehead atoms. The number of nitrogens with two attached hydrogens (primary N) is 1. The maximum Gasteiger partial charge on any atom is 0.352 e. The zero-order chi connectivity index (χ0) is 31.2. The third-order valence-corrected chi connectivity index (χ3v) is 8.74. The monoisotopic (exact) mass is 651 g/mol. The first-order chi connectivity index (χ1) is 20.3. The number of hydrogen-bond acceptors (Lipinski definition) is 12. The molecule has 5 rings (SSSR count). The summed E-state index contributed by atoms with van der Waals surface area (Å²) >= 11 is 8.16. The average molecular weight is 652 g/mol. The van der Waals surface area contributed by atoms with Crippen molar-refractivity contribution in [1.29, 1.82) is 0 Å². The lowest BCUT2D eigenvalue weighted by atomic mass is 10.0. The highest BCUT2D eigenvalue weighted by atomic mass is 35.5. The molecule has 224 valence electrons. The van der Waals surface area contributed by atoms with E-state index in [0.717, 1.165) is 16.2 Å². The normalized spacial score (nSPS) is 19.1. The highest BCUT2D eigenvalue weighted by Crippen LogP contribution is 2.40. The second-order valence-electron chi connectivity index (χ2n) is 9.17. The summed E-state index contributed by atoms with van der Waals surface area (Å²) in [5, 5.41) is 24.4. The fourth-order valence-corrected chi connectivity index (χ4v) is 6.53. The molecule has 0 aromatic carbocycles. The molecule has 5 heterocycles. The van der Waals surface area contributed by atoms with E-state index in [-0.39, 0.29) is 33.2 Å². The molecule has 17 nitrogen and oxygen atoms in total. The van der Waals surface area contributed by atoms with Gasteiger partial charge >= 0.3 is 23.1 Å². The number of H-pyrrole nitrogens is 2. The fraction of sp³-hybridized carbons (Fsp3) is 0.261. The molecule has 20 heteroatoms. The second-order valence-corrected chi connectivity index (χ2v) is 11.9. The molecule has 0 radical (unpaired) electrons. The van der Waals surface area contributed by atoms with Gasteiger partial charge in [0.25, 0.3) is 11.8 Å². The van der Waals surface area contributed by atoms with Gasteiger partial charge in [0.05, 0.1) is 5.52 Å². The summed E-state index contributed by atoms with van der Waals surface area (Å²) in [5.41, 5.74) is 4.10. The Morgan fingerprint density at radius 3 is 2.60 bits per heavy atom. The Morgan fingerprint density at radius 1 is 1.28 bits per heavy atom. The van der Waals surface area contributed by atoms with Gasteiger partial charge in [0.15, 0.2) is 29.8 Å². The number of anilines is 1. The number of oxime groups is 1. The van der Waals surface area contributed by atoms with Gasteiger partial charge in [-0.1, -0.05) is 28.1 Å². The lowest BCUT2D eigenvalue weighted by molar-refractivity contribution is -0.687. The van der Waals surface area contributed by atoms with E-state index in [9.17, 15) is 33.9 Å². The number of carboxylic acids is 2. The fourth-order valence-electron chi connectivity index (χ4n) is 4.27. The Kier molecular flexibility index (Phi) is 7.95. The maximum atomic E-state index is 13.2. The Labute approximate surface area is 252 Å². The Bertz CT molecular complexity index is 1880. The number of rotatable bonds is 9. The van der Waals surface area contributed by atoms with E-state index < -0.39 is 58.1 Å². The summed E-state index contributed by atoms with van der Waals surface area (Å²) in [7, 11) is 0. The van der Waals surface area contributed by atoms with Crippen LogP contribution in [0.5, 0.6) is 0 Å². The largest absolute Gasteiger partial charge is 0.478 e. The number of nitrogens with one attached hydrogen (secondary N) is 3. The lowest BCUT2D eigenvalue weighted by Gasteiger charge is -2.49. The Hall–Kier alpha value is -4.75. The van der Waals surface area contributed by atoms with Crippen LogP contribution in [0, 0.1) is 0 Å². The van der Waals surface area contributed by atoms with Crippen molar-refractivity contribution in [3.05, 3.63) is 60.5 Å². The smallest absolute Gasteiger partial charge is 0.352 e. The molecule has 0 spiro atoms. The van der Waals surface area contributed by atoms with E-state index in [0.29, 0.717) is 16.6 Å². The van der Waals surface area contributed by atoms with Crippen molar-refractivity contribution in [1.82, 2.24) is 25.2 Å². The van der Waals surface area contributed by atoms with Gasteiger partial charge in [0.2, 0.25) is 6.10 Å². The average Bonchev–Trinajstić information content (AvgIpc) is 3.28. The molecule has 2 amide bonds. The molecule has 0 aliphatic carbocycles. The van der Waals surface area contributed by atoms with Crippen LogP contribution >= 0.6 is 34.7 Å². The number of carbonyl (C=O) groups is 4. The van der Waals surface area contributed by atoms with Crippen molar-refractivity contribution in [3.8, 4) is 0 Å². The standard InChI is InChI=1S/C23H19ClN8O9S2/c1-7(21(37)38)41-30-12(11-15(24)43-23(25)29-11)16(33)28-13-19(36)32-14(22(39)40)8(6-42-20(13)32)4-31-3-2-9-10(5-31)27-18(35)17(34)26-9/h2-3,5,7,13,20H,4,6H2,1H3,(H6,25,27,28,29,33,35,37,38,39,40)/p+1/t7-,13?,20?/m0/s1. The number of halogens is 1. The number of thioether (sulfide) groups is 1. The summed E-state index contributed by atoms with van der Waals surface area (Å²) < 4.78 is 1.55. The number of pyridine rings is 1. The summed E-state index contributed by atoms with van der Waals surface area (Å²) in [4.78, 5) is 87.9. The molecule has 2 unspecified atom stereocenters. The number of thiazole rings is 1. The lowest BCUT2D eigenvalue weighted by Crippen LogP contribution is -2.71. The van der Waals surface area contributed by atoms with E-state index in [1.807, 2.05) is 0 Å². The summed E-state index contributed by atoms with van der Waals surface area (Å²) in [6, 6.07) is 0.371. The van der Waals surface area contributed by atoms with Crippen LogP contribution in [-0.4, -0.2) is 82.8 Å². The Balaban J connectivity index is 1.38. The van der Waals surface area contributed by atoms with Crippen LogP contribution in [0.25, 0.3) is 11.0 Å². The Morgan fingerprint density at radius 2 is 1.98 bits per heavy atom. The first kappa shape index (κ1) is 29.7. The van der Waals surface area contributed by atoms with Crippen molar-refractivity contribution in [2.75, 3.05) is 11.5 Å². The van der Waals surface area contributed by atoms with Crippen molar-refractivity contribution in [2.45, 2.75) is 31.0 Å². The number of aliphatic carboxylic acids is 2. The van der Waals surface area contributed by atoms with Crippen LogP contribution in [0.1, 0.15) is 12.6 Å². The van der Waals surface area contributed by atoms with Crippen LogP contribution in [0.3, 0.4) is 0 Å². The number of hydrogen-bond donors (Lipinski definition) is 6. The zero-order valence-electron chi connectivity index (χ0n) is 21.7.